The molecule has 0 aliphatic rings. The lowest BCUT2D eigenvalue weighted by Crippen LogP contribution is -1.96. The Morgan fingerprint density at radius 1 is 0.692 bits per heavy atom. The molecule has 1 aromatic heterocycles. The van der Waals surface area contributed by atoms with Gasteiger partial charge in [0.1, 0.15) is 5.69 Å². The van der Waals surface area contributed by atoms with Gasteiger partial charge in [0, 0.05) is 20.8 Å². The maximum absolute atomic E-state index is 5.02. The number of para-hydroxylation sites is 1. The van der Waals surface area contributed by atoms with Crippen molar-refractivity contribution in [2.45, 2.75) is 0 Å². The van der Waals surface area contributed by atoms with Crippen LogP contribution in [0.2, 0.25) is 0 Å². The van der Waals surface area contributed by atoms with E-state index in [1.807, 2.05) is 30.3 Å². The minimum absolute atomic E-state index is 0.996. The lowest BCUT2D eigenvalue weighted by molar-refractivity contribution is 0.918. The van der Waals surface area contributed by atoms with Crippen LogP contribution in [0, 0.1) is 0 Å². The summed E-state index contributed by atoms with van der Waals surface area (Å²) < 4.78 is 3.12. The Labute approximate surface area is 159 Å². The summed E-state index contributed by atoms with van der Waals surface area (Å²) in [5.41, 5.74) is 4.31. The third kappa shape index (κ3) is 2.44. The Morgan fingerprint density at radius 3 is 2.35 bits per heavy atom. The predicted molar refractivity (Wildman–Crippen MR) is 112 cm³/mol. The monoisotopic (exact) mass is 398 g/mol. The van der Waals surface area contributed by atoms with E-state index >= 15 is 0 Å². The second-order valence-corrected chi connectivity index (χ2v) is 7.20. The number of hydrogen-bond donors (Lipinski definition) is 0. The van der Waals surface area contributed by atoms with Crippen molar-refractivity contribution in [2.75, 3.05) is 0 Å². The zero-order valence-corrected chi connectivity index (χ0v) is 15.5. The molecular formula is C23H15BrN2. The predicted octanol–water partition coefficient (Wildman–Crippen LogP) is 6.61. The summed E-state index contributed by atoms with van der Waals surface area (Å²) in [6.45, 7) is 0. The van der Waals surface area contributed by atoms with Crippen molar-refractivity contribution in [1.82, 2.24) is 9.78 Å². The summed E-state index contributed by atoms with van der Waals surface area (Å²) in [6, 6.07) is 31.5. The Balaban J connectivity index is 1.92. The molecule has 0 saturated heterocycles. The number of aromatic nitrogens is 2. The topological polar surface area (TPSA) is 17.8 Å². The fraction of sp³-hybridized carbons (Fsp3) is 0. The van der Waals surface area contributed by atoms with Crippen molar-refractivity contribution in [3.05, 3.63) is 95.5 Å². The summed E-state index contributed by atoms with van der Waals surface area (Å²) in [4.78, 5) is 0. The molecule has 0 unspecified atom stereocenters. The van der Waals surface area contributed by atoms with Crippen LogP contribution in [0.4, 0.5) is 0 Å². The van der Waals surface area contributed by atoms with E-state index in [-0.39, 0.29) is 0 Å². The van der Waals surface area contributed by atoms with Gasteiger partial charge in [0.25, 0.3) is 0 Å². The number of nitrogens with zero attached hydrogens (tertiary/aromatic N) is 2. The van der Waals surface area contributed by atoms with Crippen LogP contribution in [0.5, 0.6) is 0 Å². The molecule has 0 amide bonds. The minimum atomic E-state index is 0.996. The molecule has 26 heavy (non-hydrogen) atoms. The number of hydrogen-bond acceptors (Lipinski definition) is 1. The smallest absolute Gasteiger partial charge is 0.101 e. The van der Waals surface area contributed by atoms with Gasteiger partial charge in [-0.3, -0.25) is 0 Å². The van der Waals surface area contributed by atoms with Gasteiger partial charge < -0.3 is 0 Å². The molecule has 2 nitrogen and oxygen atoms in total. The third-order valence-corrected chi connectivity index (χ3v) is 5.16. The SMILES string of the molecule is Brc1cccc(-c2nn(-c3ccccc3)c3c2ccc2ccccc23)c1. The first-order valence-corrected chi connectivity index (χ1v) is 9.32. The molecule has 5 rings (SSSR count). The van der Waals surface area contributed by atoms with Crippen LogP contribution in [-0.2, 0) is 0 Å². The Kier molecular flexibility index (Phi) is 3.61. The number of benzene rings is 4. The van der Waals surface area contributed by atoms with E-state index in [1.54, 1.807) is 0 Å². The van der Waals surface area contributed by atoms with E-state index in [9.17, 15) is 0 Å². The van der Waals surface area contributed by atoms with E-state index in [2.05, 4.69) is 81.3 Å². The molecule has 0 saturated carbocycles. The van der Waals surface area contributed by atoms with E-state index in [0.717, 1.165) is 32.3 Å². The van der Waals surface area contributed by atoms with Crippen molar-refractivity contribution in [3.8, 4) is 16.9 Å². The summed E-state index contributed by atoms with van der Waals surface area (Å²) in [7, 11) is 0. The van der Waals surface area contributed by atoms with Crippen LogP contribution >= 0.6 is 15.9 Å². The zero-order valence-electron chi connectivity index (χ0n) is 13.9. The summed E-state index contributed by atoms with van der Waals surface area (Å²) in [5.74, 6) is 0. The largest absolute Gasteiger partial charge is 0.232 e. The first-order chi connectivity index (χ1) is 12.8. The first kappa shape index (κ1) is 15.4. The highest BCUT2D eigenvalue weighted by Crippen LogP contribution is 2.35. The van der Waals surface area contributed by atoms with Crippen LogP contribution in [-0.4, -0.2) is 9.78 Å². The molecule has 0 atom stereocenters. The lowest BCUT2D eigenvalue weighted by Gasteiger charge is -2.05. The Morgan fingerprint density at radius 2 is 1.50 bits per heavy atom. The van der Waals surface area contributed by atoms with Crippen LogP contribution in [0.1, 0.15) is 0 Å². The highest BCUT2D eigenvalue weighted by molar-refractivity contribution is 9.10. The van der Waals surface area contributed by atoms with Gasteiger partial charge in [-0.05, 0) is 35.7 Å². The maximum Gasteiger partial charge on any atom is 0.101 e. The Hall–Kier alpha value is -2.91. The van der Waals surface area contributed by atoms with Crippen LogP contribution < -0.4 is 0 Å². The highest BCUT2D eigenvalue weighted by Gasteiger charge is 2.16. The van der Waals surface area contributed by atoms with Gasteiger partial charge in [0.15, 0.2) is 0 Å². The molecule has 5 aromatic rings. The van der Waals surface area contributed by atoms with E-state index in [1.165, 1.54) is 10.8 Å². The van der Waals surface area contributed by atoms with Crippen molar-refractivity contribution in [3.63, 3.8) is 0 Å². The highest BCUT2D eigenvalue weighted by atomic mass is 79.9. The van der Waals surface area contributed by atoms with Gasteiger partial charge >= 0.3 is 0 Å². The fourth-order valence-corrected chi connectivity index (χ4v) is 3.88. The van der Waals surface area contributed by atoms with Gasteiger partial charge in [-0.1, -0.05) is 76.6 Å². The third-order valence-electron chi connectivity index (χ3n) is 4.67. The van der Waals surface area contributed by atoms with Crippen molar-refractivity contribution in [2.24, 2.45) is 0 Å². The van der Waals surface area contributed by atoms with Crippen molar-refractivity contribution < 1.29 is 0 Å². The van der Waals surface area contributed by atoms with Crippen molar-refractivity contribution >= 4 is 37.6 Å². The van der Waals surface area contributed by atoms with E-state index in [4.69, 9.17) is 5.10 Å². The average molecular weight is 399 g/mol. The molecule has 3 heteroatoms. The van der Waals surface area contributed by atoms with Crippen LogP contribution in [0.15, 0.2) is 95.5 Å². The van der Waals surface area contributed by atoms with Gasteiger partial charge in [-0.2, -0.15) is 5.10 Å². The first-order valence-electron chi connectivity index (χ1n) is 8.53. The molecule has 0 N–H and O–H groups in total. The van der Waals surface area contributed by atoms with Crippen molar-refractivity contribution in [1.29, 1.82) is 0 Å². The molecule has 0 fully saturated rings. The second kappa shape index (κ2) is 6.11. The minimum Gasteiger partial charge on any atom is -0.232 e. The molecule has 124 valence electrons. The van der Waals surface area contributed by atoms with Gasteiger partial charge in [-0.15, -0.1) is 0 Å². The fourth-order valence-electron chi connectivity index (χ4n) is 3.48. The zero-order chi connectivity index (χ0) is 17.5. The average Bonchev–Trinajstić information content (AvgIpc) is 3.09. The molecule has 1 heterocycles. The van der Waals surface area contributed by atoms with Gasteiger partial charge in [0.05, 0.1) is 11.2 Å². The summed E-state index contributed by atoms with van der Waals surface area (Å²) in [5, 5.41) is 8.61. The number of halogens is 1. The van der Waals surface area contributed by atoms with E-state index in [0.29, 0.717) is 0 Å². The van der Waals surface area contributed by atoms with Gasteiger partial charge in [-0.25, -0.2) is 4.68 Å². The quantitative estimate of drug-likeness (QED) is 0.327. The van der Waals surface area contributed by atoms with E-state index < -0.39 is 0 Å². The van der Waals surface area contributed by atoms with Gasteiger partial charge in [0.2, 0.25) is 0 Å². The normalized spacial score (nSPS) is 11.3. The molecule has 0 bridgehead atoms. The molecule has 0 aliphatic heterocycles. The molecule has 0 spiro atoms. The maximum atomic E-state index is 5.02. The van der Waals surface area contributed by atoms with Crippen LogP contribution in [0.25, 0.3) is 38.6 Å². The Bertz CT molecular complexity index is 1240. The lowest BCUT2D eigenvalue weighted by atomic mass is 10.0. The standard InChI is InChI=1S/C23H15BrN2/c24-18-9-6-8-17(15-18)22-21-14-13-16-7-4-5-12-20(16)23(21)26(25-22)19-10-2-1-3-11-19/h1-15H. The molecular weight excluding hydrogens is 384 g/mol. The number of fused-ring (bicyclic) bond motifs is 3. The molecule has 0 aliphatic carbocycles. The summed E-state index contributed by atoms with van der Waals surface area (Å²) >= 11 is 3.58. The molecule has 4 aromatic carbocycles. The summed E-state index contributed by atoms with van der Waals surface area (Å²) in [6.07, 6.45) is 0. The number of rotatable bonds is 2. The molecule has 0 radical (unpaired) electrons. The van der Waals surface area contributed by atoms with Crippen LogP contribution in [0.3, 0.4) is 0 Å². The second-order valence-electron chi connectivity index (χ2n) is 6.29.